The number of carbonyl (C=O) groups is 1. The number of likely N-dealkylation sites (tertiary alicyclic amines) is 2. The molecule has 3 heterocycles. The van der Waals surface area contributed by atoms with Crippen LogP contribution in [0.3, 0.4) is 0 Å². The van der Waals surface area contributed by atoms with Gasteiger partial charge >= 0.3 is 0 Å². The second kappa shape index (κ2) is 5.36. The summed E-state index contributed by atoms with van der Waals surface area (Å²) in [6.45, 7) is 1.92. The minimum Gasteiger partial charge on any atom is -0.382 e. The van der Waals surface area contributed by atoms with Crippen molar-refractivity contribution in [2.45, 2.75) is 37.8 Å². The predicted octanol–water partition coefficient (Wildman–Crippen LogP) is 0.758. The molecule has 0 bridgehead atoms. The Morgan fingerprint density at radius 1 is 1.20 bits per heavy atom. The Bertz CT molecular complexity index is 506. The number of nitrogen functional groups attached to an aromatic ring is 1. The lowest BCUT2D eigenvalue weighted by molar-refractivity contribution is 0.0659. The Hall–Kier alpha value is -1.69. The van der Waals surface area contributed by atoms with Crippen LogP contribution in [0.25, 0.3) is 0 Å². The van der Waals surface area contributed by atoms with Gasteiger partial charge in [0, 0.05) is 31.0 Å². The van der Waals surface area contributed by atoms with Gasteiger partial charge in [0.15, 0.2) is 11.5 Å². The molecule has 2 fully saturated rings. The molecule has 2 aliphatic heterocycles. The predicted molar refractivity (Wildman–Crippen MR) is 76.2 cm³/mol. The van der Waals surface area contributed by atoms with Crippen LogP contribution in [0.5, 0.6) is 0 Å². The van der Waals surface area contributed by atoms with Crippen molar-refractivity contribution in [1.82, 2.24) is 19.8 Å². The molecule has 2 saturated heterocycles. The maximum Gasteiger partial charge on any atom is 0.276 e. The molecule has 1 aromatic rings. The number of carbonyl (C=O) groups excluding carboxylic acids is 1. The van der Waals surface area contributed by atoms with E-state index in [4.69, 9.17) is 5.73 Å². The Morgan fingerprint density at radius 2 is 1.90 bits per heavy atom. The van der Waals surface area contributed by atoms with Crippen LogP contribution in [-0.2, 0) is 0 Å². The largest absolute Gasteiger partial charge is 0.382 e. The summed E-state index contributed by atoms with van der Waals surface area (Å²) in [5.41, 5.74) is 6.08. The van der Waals surface area contributed by atoms with E-state index in [2.05, 4.69) is 21.9 Å². The molecule has 1 amide bonds. The summed E-state index contributed by atoms with van der Waals surface area (Å²) >= 11 is 0. The number of hydrogen-bond donors (Lipinski definition) is 1. The SMILES string of the molecule is CN1CCC[C@H]1[C@@H]1CCCN1C(=O)c1nccnc1N. The number of likely N-dealkylation sites (N-methyl/N-ethyl adjacent to an activating group) is 1. The minimum absolute atomic E-state index is 0.0709. The molecule has 2 aliphatic rings. The van der Waals surface area contributed by atoms with Gasteiger partial charge in [-0.2, -0.15) is 0 Å². The van der Waals surface area contributed by atoms with E-state index in [1.807, 2.05) is 4.90 Å². The van der Waals surface area contributed by atoms with Crippen LogP contribution >= 0.6 is 0 Å². The van der Waals surface area contributed by atoms with Crippen LogP contribution in [0.15, 0.2) is 12.4 Å². The van der Waals surface area contributed by atoms with E-state index in [9.17, 15) is 4.79 Å². The minimum atomic E-state index is -0.0709. The zero-order chi connectivity index (χ0) is 14.1. The molecule has 6 heteroatoms. The zero-order valence-electron chi connectivity index (χ0n) is 11.8. The van der Waals surface area contributed by atoms with Crippen LogP contribution in [0.4, 0.5) is 5.82 Å². The zero-order valence-corrected chi connectivity index (χ0v) is 11.8. The summed E-state index contributed by atoms with van der Waals surface area (Å²) < 4.78 is 0. The Labute approximate surface area is 119 Å². The average Bonchev–Trinajstić information content (AvgIpc) is 3.06. The number of hydrogen-bond acceptors (Lipinski definition) is 5. The lowest BCUT2D eigenvalue weighted by Gasteiger charge is -2.33. The van der Waals surface area contributed by atoms with Gasteiger partial charge in [-0.1, -0.05) is 0 Å². The Balaban J connectivity index is 1.82. The normalized spacial score (nSPS) is 27.1. The molecule has 108 valence electrons. The van der Waals surface area contributed by atoms with Gasteiger partial charge in [0.05, 0.1) is 0 Å². The van der Waals surface area contributed by atoms with Gasteiger partial charge in [-0.15, -0.1) is 0 Å². The molecule has 20 heavy (non-hydrogen) atoms. The Morgan fingerprint density at radius 3 is 2.60 bits per heavy atom. The van der Waals surface area contributed by atoms with Crippen molar-refractivity contribution >= 4 is 11.7 Å². The monoisotopic (exact) mass is 275 g/mol. The molecule has 2 atom stereocenters. The third-order valence-electron chi connectivity index (χ3n) is 4.51. The fraction of sp³-hybridized carbons (Fsp3) is 0.643. The summed E-state index contributed by atoms with van der Waals surface area (Å²) in [7, 11) is 2.15. The second-order valence-corrected chi connectivity index (χ2v) is 5.69. The maximum absolute atomic E-state index is 12.7. The van der Waals surface area contributed by atoms with Gasteiger partial charge in [0.1, 0.15) is 0 Å². The van der Waals surface area contributed by atoms with E-state index < -0.39 is 0 Å². The second-order valence-electron chi connectivity index (χ2n) is 5.69. The molecule has 0 unspecified atom stereocenters. The van der Waals surface area contributed by atoms with Gasteiger partial charge in [-0.3, -0.25) is 4.79 Å². The van der Waals surface area contributed by atoms with E-state index >= 15 is 0 Å². The number of rotatable bonds is 2. The van der Waals surface area contributed by atoms with Crippen LogP contribution < -0.4 is 5.73 Å². The fourth-order valence-electron chi connectivity index (χ4n) is 3.52. The summed E-state index contributed by atoms with van der Waals surface area (Å²) in [5.74, 6) is 0.154. The van der Waals surface area contributed by atoms with Crippen molar-refractivity contribution in [3.05, 3.63) is 18.1 Å². The van der Waals surface area contributed by atoms with E-state index in [1.165, 1.54) is 25.2 Å². The fourth-order valence-corrected chi connectivity index (χ4v) is 3.52. The molecular formula is C14H21N5O. The molecular weight excluding hydrogens is 254 g/mol. The highest BCUT2D eigenvalue weighted by atomic mass is 16.2. The van der Waals surface area contributed by atoms with E-state index in [0.29, 0.717) is 11.7 Å². The third kappa shape index (κ3) is 2.24. The van der Waals surface area contributed by atoms with E-state index in [1.54, 1.807) is 0 Å². The first-order valence-corrected chi connectivity index (χ1v) is 7.26. The molecule has 0 aromatic carbocycles. The van der Waals surface area contributed by atoms with Crippen molar-refractivity contribution in [2.24, 2.45) is 0 Å². The first-order chi connectivity index (χ1) is 9.68. The highest BCUT2D eigenvalue weighted by molar-refractivity contribution is 5.96. The molecule has 3 rings (SSSR count). The summed E-state index contributed by atoms with van der Waals surface area (Å²) in [5, 5.41) is 0. The first kappa shape index (κ1) is 13.3. The smallest absolute Gasteiger partial charge is 0.276 e. The molecule has 1 aromatic heterocycles. The highest BCUT2D eigenvalue weighted by Crippen LogP contribution is 2.30. The summed E-state index contributed by atoms with van der Waals surface area (Å²) in [6.07, 6.45) is 7.55. The van der Waals surface area contributed by atoms with Gasteiger partial charge < -0.3 is 15.5 Å². The lowest BCUT2D eigenvalue weighted by Crippen LogP contribution is -2.47. The van der Waals surface area contributed by atoms with Crippen LogP contribution in [0, 0.1) is 0 Å². The highest BCUT2D eigenvalue weighted by Gasteiger charge is 2.39. The molecule has 0 radical (unpaired) electrons. The number of nitrogens with zero attached hydrogens (tertiary/aromatic N) is 4. The van der Waals surface area contributed by atoms with Gasteiger partial charge in [-0.05, 0) is 39.3 Å². The van der Waals surface area contributed by atoms with Crippen LogP contribution in [0.1, 0.15) is 36.2 Å². The molecule has 6 nitrogen and oxygen atoms in total. The quantitative estimate of drug-likeness (QED) is 0.862. The van der Waals surface area contributed by atoms with Crippen LogP contribution in [0.2, 0.25) is 0 Å². The van der Waals surface area contributed by atoms with Crippen molar-refractivity contribution < 1.29 is 4.79 Å². The first-order valence-electron chi connectivity index (χ1n) is 7.26. The van der Waals surface area contributed by atoms with Gasteiger partial charge in [0.2, 0.25) is 0 Å². The van der Waals surface area contributed by atoms with Gasteiger partial charge in [0.25, 0.3) is 5.91 Å². The van der Waals surface area contributed by atoms with E-state index in [0.717, 1.165) is 25.9 Å². The topological polar surface area (TPSA) is 75.3 Å². The molecule has 0 spiro atoms. The van der Waals surface area contributed by atoms with Crippen molar-refractivity contribution in [3.63, 3.8) is 0 Å². The number of aromatic nitrogens is 2. The van der Waals surface area contributed by atoms with Crippen molar-refractivity contribution in [3.8, 4) is 0 Å². The summed E-state index contributed by atoms with van der Waals surface area (Å²) in [6, 6.07) is 0.760. The third-order valence-corrected chi connectivity index (χ3v) is 4.51. The maximum atomic E-state index is 12.7. The number of nitrogens with two attached hydrogens (primary N) is 1. The van der Waals surface area contributed by atoms with Crippen LogP contribution in [-0.4, -0.2) is 57.9 Å². The molecule has 0 aliphatic carbocycles. The van der Waals surface area contributed by atoms with Gasteiger partial charge in [-0.25, -0.2) is 9.97 Å². The number of anilines is 1. The number of amides is 1. The lowest BCUT2D eigenvalue weighted by atomic mass is 10.0. The Kier molecular flexibility index (Phi) is 3.56. The van der Waals surface area contributed by atoms with E-state index in [-0.39, 0.29) is 17.8 Å². The molecule has 2 N–H and O–H groups in total. The standard InChI is InChI=1S/C14H21N5O/c1-18-8-2-4-10(18)11-5-3-9-19(11)14(20)12-13(15)17-7-6-16-12/h6-7,10-11H,2-5,8-9H2,1H3,(H2,15,17)/t10-,11-/m0/s1. The summed E-state index contributed by atoms with van der Waals surface area (Å²) in [4.78, 5) is 25.1. The average molecular weight is 275 g/mol. The molecule has 0 saturated carbocycles. The van der Waals surface area contributed by atoms with Crippen molar-refractivity contribution in [1.29, 1.82) is 0 Å². The van der Waals surface area contributed by atoms with Crippen molar-refractivity contribution in [2.75, 3.05) is 25.9 Å².